The first-order valence-corrected chi connectivity index (χ1v) is 4.80. The molecule has 0 atom stereocenters. The number of hydrogen-bond acceptors (Lipinski definition) is 3. The van der Waals surface area contributed by atoms with Crippen molar-refractivity contribution in [3.8, 4) is 0 Å². The molecule has 1 fully saturated rings. The number of fused-ring (bicyclic) bond motifs is 1. The molecule has 0 unspecified atom stereocenters. The van der Waals surface area contributed by atoms with E-state index in [0.29, 0.717) is 11.2 Å². The predicted molar refractivity (Wildman–Crippen MR) is 54.9 cm³/mol. The number of rotatable bonds is 1. The molecule has 1 aliphatic carbocycles. The molecule has 2 aromatic rings. The van der Waals surface area contributed by atoms with E-state index in [1.165, 1.54) is 12.8 Å². The third kappa shape index (κ3) is 0.937. The molecule has 0 saturated heterocycles. The Balaban J connectivity index is 2.21. The average molecular weight is 188 g/mol. The fourth-order valence-corrected chi connectivity index (χ4v) is 1.70. The standard InChI is InChI=1S/C10H12N4/c1-10(4-5-10)7-3-2-6-8(11)13-14-9(6)12-7/h2-3H,4-5H2,1H3,(H3,11,12,13,14). The quantitative estimate of drug-likeness (QED) is 0.714. The number of nitrogens with one attached hydrogen (secondary N) is 1. The molecule has 72 valence electrons. The van der Waals surface area contributed by atoms with Gasteiger partial charge < -0.3 is 5.73 Å². The van der Waals surface area contributed by atoms with E-state index in [1.54, 1.807) is 0 Å². The number of hydrogen-bond donors (Lipinski definition) is 2. The summed E-state index contributed by atoms with van der Waals surface area (Å²) < 4.78 is 0. The number of nitrogens with zero attached hydrogens (tertiary/aromatic N) is 2. The first kappa shape index (κ1) is 7.79. The zero-order chi connectivity index (χ0) is 9.76. The summed E-state index contributed by atoms with van der Waals surface area (Å²) in [7, 11) is 0. The highest BCUT2D eigenvalue weighted by Gasteiger charge is 2.40. The molecular weight excluding hydrogens is 176 g/mol. The van der Waals surface area contributed by atoms with Crippen LogP contribution in [0.2, 0.25) is 0 Å². The summed E-state index contributed by atoms with van der Waals surface area (Å²) in [6.45, 7) is 2.24. The van der Waals surface area contributed by atoms with Crippen LogP contribution in [0.1, 0.15) is 25.5 Å². The van der Waals surface area contributed by atoms with Crippen molar-refractivity contribution < 1.29 is 0 Å². The van der Waals surface area contributed by atoms with Gasteiger partial charge in [0.25, 0.3) is 0 Å². The number of nitrogen functional groups attached to an aromatic ring is 1. The van der Waals surface area contributed by atoms with E-state index in [4.69, 9.17) is 5.73 Å². The molecule has 0 aliphatic heterocycles. The van der Waals surface area contributed by atoms with Crippen LogP contribution in [-0.4, -0.2) is 15.2 Å². The van der Waals surface area contributed by atoms with Gasteiger partial charge in [0.05, 0.1) is 5.39 Å². The SMILES string of the molecule is CC1(c2ccc3c(N)n[nH]c3n2)CC1. The van der Waals surface area contributed by atoms with Gasteiger partial charge in [0, 0.05) is 11.1 Å². The summed E-state index contributed by atoms with van der Waals surface area (Å²) in [6, 6.07) is 4.06. The van der Waals surface area contributed by atoms with Crippen molar-refractivity contribution in [1.29, 1.82) is 0 Å². The van der Waals surface area contributed by atoms with E-state index in [1.807, 2.05) is 6.07 Å². The molecule has 0 amide bonds. The third-order valence-electron chi connectivity index (χ3n) is 3.07. The average Bonchev–Trinajstić information content (AvgIpc) is 2.84. The second kappa shape index (κ2) is 2.26. The summed E-state index contributed by atoms with van der Waals surface area (Å²) in [5.41, 5.74) is 7.91. The Hall–Kier alpha value is -1.58. The van der Waals surface area contributed by atoms with Gasteiger partial charge in [-0.2, -0.15) is 5.10 Å². The Bertz CT molecular complexity index is 496. The smallest absolute Gasteiger partial charge is 0.157 e. The molecule has 3 rings (SSSR count). The normalized spacial score (nSPS) is 18.6. The summed E-state index contributed by atoms with van der Waals surface area (Å²) in [5, 5.41) is 7.69. The molecule has 2 heterocycles. The topological polar surface area (TPSA) is 67.6 Å². The van der Waals surface area contributed by atoms with Crippen molar-refractivity contribution in [2.45, 2.75) is 25.2 Å². The molecule has 1 aliphatic rings. The van der Waals surface area contributed by atoms with Gasteiger partial charge in [-0.3, -0.25) is 5.10 Å². The van der Waals surface area contributed by atoms with Crippen molar-refractivity contribution in [3.05, 3.63) is 17.8 Å². The van der Waals surface area contributed by atoms with Crippen LogP contribution in [0.5, 0.6) is 0 Å². The van der Waals surface area contributed by atoms with Crippen molar-refractivity contribution in [2.75, 3.05) is 5.73 Å². The molecule has 4 nitrogen and oxygen atoms in total. The molecule has 2 aromatic heterocycles. The minimum Gasteiger partial charge on any atom is -0.382 e. The Morgan fingerprint density at radius 1 is 1.43 bits per heavy atom. The lowest BCUT2D eigenvalue weighted by atomic mass is 10.0. The minimum atomic E-state index is 0.300. The van der Waals surface area contributed by atoms with Gasteiger partial charge in [0.15, 0.2) is 11.5 Å². The van der Waals surface area contributed by atoms with Gasteiger partial charge in [0.2, 0.25) is 0 Å². The second-order valence-electron chi connectivity index (χ2n) is 4.26. The van der Waals surface area contributed by atoms with Crippen molar-refractivity contribution in [1.82, 2.24) is 15.2 Å². The Kier molecular flexibility index (Phi) is 1.26. The lowest BCUT2D eigenvalue weighted by Gasteiger charge is -2.06. The van der Waals surface area contributed by atoms with Crippen LogP contribution >= 0.6 is 0 Å². The van der Waals surface area contributed by atoms with E-state index in [-0.39, 0.29) is 0 Å². The highest BCUT2D eigenvalue weighted by Crippen LogP contribution is 2.46. The molecule has 1 saturated carbocycles. The second-order valence-corrected chi connectivity index (χ2v) is 4.26. The van der Waals surface area contributed by atoms with Crippen LogP contribution in [0.15, 0.2) is 12.1 Å². The molecular formula is C10H12N4. The third-order valence-corrected chi connectivity index (χ3v) is 3.07. The van der Waals surface area contributed by atoms with Crippen LogP contribution in [0.3, 0.4) is 0 Å². The van der Waals surface area contributed by atoms with Gasteiger partial charge in [-0.05, 0) is 25.0 Å². The Morgan fingerprint density at radius 3 is 2.93 bits per heavy atom. The number of nitrogens with two attached hydrogens (primary N) is 1. The predicted octanol–water partition coefficient (Wildman–Crippen LogP) is 1.59. The summed E-state index contributed by atoms with van der Waals surface area (Å²) in [6.07, 6.45) is 2.46. The summed E-state index contributed by atoms with van der Waals surface area (Å²) >= 11 is 0. The highest BCUT2D eigenvalue weighted by atomic mass is 15.2. The number of aromatic amines is 1. The van der Waals surface area contributed by atoms with E-state index < -0.39 is 0 Å². The number of anilines is 1. The van der Waals surface area contributed by atoms with Gasteiger partial charge >= 0.3 is 0 Å². The van der Waals surface area contributed by atoms with Gasteiger partial charge in [-0.15, -0.1) is 0 Å². The van der Waals surface area contributed by atoms with E-state index in [9.17, 15) is 0 Å². The first-order chi connectivity index (χ1) is 6.69. The molecule has 0 aromatic carbocycles. The highest BCUT2D eigenvalue weighted by molar-refractivity contribution is 5.85. The lowest BCUT2D eigenvalue weighted by Crippen LogP contribution is -2.02. The number of aromatic nitrogens is 3. The Morgan fingerprint density at radius 2 is 2.21 bits per heavy atom. The number of pyridine rings is 1. The lowest BCUT2D eigenvalue weighted by molar-refractivity contribution is 0.754. The van der Waals surface area contributed by atoms with Crippen LogP contribution in [-0.2, 0) is 5.41 Å². The maximum absolute atomic E-state index is 5.67. The van der Waals surface area contributed by atoms with Crippen LogP contribution in [0, 0.1) is 0 Å². The molecule has 4 heteroatoms. The molecule has 3 N–H and O–H groups in total. The maximum atomic E-state index is 5.67. The van der Waals surface area contributed by atoms with E-state index in [0.717, 1.165) is 16.7 Å². The van der Waals surface area contributed by atoms with Crippen LogP contribution in [0.25, 0.3) is 11.0 Å². The van der Waals surface area contributed by atoms with Gasteiger partial charge in [0.1, 0.15) is 0 Å². The zero-order valence-electron chi connectivity index (χ0n) is 8.04. The van der Waals surface area contributed by atoms with E-state index in [2.05, 4.69) is 28.2 Å². The van der Waals surface area contributed by atoms with Crippen molar-refractivity contribution in [2.24, 2.45) is 0 Å². The first-order valence-electron chi connectivity index (χ1n) is 4.80. The molecule has 0 spiro atoms. The van der Waals surface area contributed by atoms with E-state index >= 15 is 0 Å². The maximum Gasteiger partial charge on any atom is 0.157 e. The molecule has 0 bridgehead atoms. The largest absolute Gasteiger partial charge is 0.382 e. The Labute approximate surface area is 81.5 Å². The van der Waals surface area contributed by atoms with Crippen molar-refractivity contribution >= 4 is 16.9 Å². The van der Waals surface area contributed by atoms with Crippen LogP contribution in [0.4, 0.5) is 5.82 Å². The fourth-order valence-electron chi connectivity index (χ4n) is 1.70. The van der Waals surface area contributed by atoms with Gasteiger partial charge in [-0.25, -0.2) is 4.98 Å². The number of H-pyrrole nitrogens is 1. The fraction of sp³-hybridized carbons (Fsp3) is 0.400. The van der Waals surface area contributed by atoms with Crippen LogP contribution < -0.4 is 5.73 Å². The zero-order valence-corrected chi connectivity index (χ0v) is 8.04. The van der Waals surface area contributed by atoms with Gasteiger partial charge in [-0.1, -0.05) is 6.92 Å². The monoisotopic (exact) mass is 188 g/mol. The van der Waals surface area contributed by atoms with Crippen molar-refractivity contribution in [3.63, 3.8) is 0 Å². The molecule has 14 heavy (non-hydrogen) atoms. The molecule has 0 radical (unpaired) electrons. The summed E-state index contributed by atoms with van der Waals surface area (Å²) in [4.78, 5) is 4.53. The minimum absolute atomic E-state index is 0.300. The summed E-state index contributed by atoms with van der Waals surface area (Å²) in [5.74, 6) is 0.528.